The molecule has 0 aliphatic carbocycles. The summed E-state index contributed by atoms with van der Waals surface area (Å²) in [7, 11) is 0. The Hall–Kier alpha value is -0.380. The Bertz CT molecular complexity index is 361. The van der Waals surface area contributed by atoms with Crippen LogP contribution < -0.4 is 5.32 Å². The van der Waals surface area contributed by atoms with Crippen LogP contribution in [0.1, 0.15) is 30.4 Å². The molecular formula is C14H20BrNO. The molecule has 1 heterocycles. The quantitative estimate of drug-likeness (QED) is 0.919. The van der Waals surface area contributed by atoms with E-state index >= 15 is 0 Å². The molecule has 0 bridgehead atoms. The molecule has 0 saturated carbocycles. The topological polar surface area (TPSA) is 21.3 Å². The number of hydrogen-bond donors (Lipinski definition) is 1. The van der Waals surface area contributed by atoms with Gasteiger partial charge in [0, 0.05) is 24.2 Å². The third kappa shape index (κ3) is 4.09. The van der Waals surface area contributed by atoms with Crippen LogP contribution in [0.2, 0.25) is 0 Å². The van der Waals surface area contributed by atoms with Crippen LogP contribution in [0, 0.1) is 6.92 Å². The summed E-state index contributed by atoms with van der Waals surface area (Å²) in [4.78, 5) is 0. The van der Waals surface area contributed by atoms with Crippen LogP contribution in [0.5, 0.6) is 0 Å². The molecule has 1 saturated heterocycles. The Morgan fingerprint density at radius 1 is 1.41 bits per heavy atom. The van der Waals surface area contributed by atoms with Crippen LogP contribution in [0.25, 0.3) is 0 Å². The largest absolute Gasteiger partial charge is 0.377 e. The van der Waals surface area contributed by atoms with Crippen molar-refractivity contribution in [2.45, 2.75) is 38.8 Å². The van der Waals surface area contributed by atoms with E-state index in [4.69, 9.17) is 4.74 Å². The molecule has 0 radical (unpaired) electrons. The molecule has 1 unspecified atom stereocenters. The molecule has 2 rings (SSSR count). The molecule has 0 aromatic heterocycles. The van der Waals surface area contributed by atoms with Crippen molar-refractivity contribution >= 4 is 15.9 Å². The van der Waals surface area contributed by atoms with Gasteiger partial charge in [0.05, 0.1) is 6.10 Å². The molecule has 3 heteroatoms. The maximum absolute atomic E-state index is 5.69. The van der Waals surface area contributed by atoms with Gasteiger partial charge in [0.25, 0.3) is 0 Å². The van der Waals surface area contributed by atoms with Gasteiger partial charge in [-0.3, -0.25) is 0 Å². The van der Waals surface area contributed by atoms with E-state index in [-0.39, 0.29) is 0 Å². The average molecular weight is 298 g/mol. The molecule has 1 atom stereocenters. The molecule has 94 valence electrons. The number of benzene rings is 1. The minimum Gasteiger partial charge on any atom is -0.377 e. The average Bonchev–Trinajstić information content (AvgIpc) is 2.33. The zero-order valence-corrected chi connectivity index (χ0v) is 11.9. The van der Waals surface area contributed by atoms with Gasteiger partial charge in [-0.2, -0.15) is 0 Å². The standard InChI is InChI=1S/C14H20BrNO/c1-11-5-6-12(14(15)8-11)9-16-10-13-4-2-3-7-17-13/h5-6,8,13,16H,2-4,7,9-10H2,1H3. The Kier molecular flexibility index (Phi) is 5.01. The molecular weight excluding hydrogens is 278 g/mol. The highest BCUT2D eigenvalue weighted by molar-refractivity contribution is 9.10. The van der Waals surface area contributed by atoms with Crippen molar-refractivity contribution in [3.63, 3.8) is 0 Å². The van der Waals surface area contributed by atoms with Gasteiger partial charge in [0.2, 0.25) is 0 Å². The van der Waals surface area contributed by atoms with E-state index in [0.29, 0.717) is 6.10 Å². The van der Waals surface area contributed by atoms with Crippen LogP contribution in [-0.4, -0.2) is 19.3 Å². The van der Waals surface area contributed by atoms with Crippen LogP contribution in [0.3, 0.4) is 0 Å². The fourth-order valence-electron chi connectivity index (χ4n) is 2.13. The molecule has 1 aliphatic rings. The number of halogens is 1. The van der Waals surface area contributed by atoms with Gasteiger partial charge < -0.3 is 10.1 Å². The van der Waals surface area contributed by atoms with E-state index in [1.807, 2.05) is 0 Å². The second kappa shape index (κ2) is 6.53. The third-order valence-electron chi connectivity index (χ3n) is 3.17. The summed E-state index contributed by atoms with van der Waals surface area (Å²) in [5, 5.41) is 3.48. The molecule has 1 N–H and O–H groups in total. The second-order valence-corrected chi connectivity index (χ2v) is 5.57. The van der Waals surface area contributed by atoms with Crippen LogP contribution in [-0.2, 0) is 11.3 Å². The van der Waals surface area contributed by atoms with Gasteiger partial charge >= 0.3 is 0 Å². The van der Waals surface area contributed by atoms with E-state index in [1.165, 1.54) is 34.9 Å². The summed E-state index contributed by atoms with van der Waals surface area (Å²) in [6.07, 6.45) is 4.14. The van der Waals surface area contributed by atoms with Gasteiger partial charge in [-0.15, -0.1) is 0 Å². The fourth-order valence-corrected chi connectivity index (χ4v) is 2.77. The lowest BCUT2D eigenvalue weighted by atomic mass is 10.1. The summed E-state index contributed by atoms with van der Waals surface area (Å²) in [6, 6.07) is 6.49. The van der Waals surface area contributed by atoms with Gasteiger partial charge in [-0.1, -0.05) is 28.1 Å². The Balaban J connectivity index is 1.77. The predicted molar refractivity (Wildman–Crippen MR) is 74.2 cm³/mol. The summed E-state index contributed by atoms with van der Waals surface area (Å²) in [5.74, 6) is 0. The third-order valence-corrected chi connectivity index (χ3v) is 3.91. The number of nitrogens with one attached hydrogen (secondary N) is 1. The first kappa shape index (κ1) is 13.1. The van der Waals surface area contributed by atoms with Gasteiger partial charge in [-0.25, -0.2) is 0 Å². The van der Waals surface area contributed by atoms with Crippen LogP contribution in [0.4, 0.5) is 0 Å². The molecule has 2 nitrogen and oxygen atoms in total. The molecule has 1 aromatic carbocycles. The highest BCUT2D eigenvalue weighted by Crippen LogP contribution is 2.18. The molecule has 0 spiro atoms. The Morgan fingerprint density at radius 3 is 3.00 bits per heavy atom. The normalized spacial score (nSPS) is 20.5. The molecule has 17 heavy (non-hydrogen) atoms. The first-order valence-electron chi connectivity index (χ1n) is 6.33. The molecule has 0 amide bonds. The fraction of sp³-hybridized carbons (Fsp3) is 0.571. The maximum atomic E-state index is 5.69. The first-order valence-corrected chi connectivity index (χ1v) is 7.12. The maximum Gasteiger partial charge on any atom is 0.0699 e. The lowest BCUT2D eigenvalue weighted by molar-refractivity contribution is 0.0168. The summed E-state index contributed by atoms with van der Waals surface area (Å²) in [6.45, 7) is 4.90. The van der Waals surface area contributed by atoms with Crippen molar-refractivity contribution in [1.29, 1.82) is 0 Å². The van der Waals surface area contributed by atoms with Crippen molar-refractivity contribution in [2.75, 3.05) is 13.2 Å². The van der Waals surface area contributed by atoms with Gasteiger partial charge in [0.15, 0.2) is 0 Å². The van der Waals surface area contributed by atoms with Gasteiger partial charge in [-0.05, 0) is 43.4 Å². The molecule has 1 fully saturated rings. The SMILES string of the molecule is Cc1ccc(CNCC2CCCCO2)c(Br)c1. The number of ether oxygens (including phenoxy) is 1. The number of aryl methyl sites for hydroxylation is 1. The minimum absolute atomic E-state index is 0.410. The first-order chi connectivity index (χ1) is 8.25. The van der Waals surface area contributed by atoms with E-state index in [0.717, 1.165) is 19.7 Å². The van der Waals surface area contributed by atoms with Crippen molar-refractivity contribution < 1.29 is 4.74 Å². The van der Waals surface area contributed by atoms with Crippen molar-refractivity contribution in [1.82, 2.24) is 5.32 Å². The van der Waals surface area contributed by atoms with E-state index in [2.05, 4.69) is 46.4 Å². The number of rotatable bonds is 4. The Morgan fingerprint density at radius 2 is 2.29 bits per heavy atom. The smallest absolute Gasteiger partial charge is 0.0699 e. The van der Waals surface area contributed by atoms with Crippen LogP contribution in [0.15, 0.2) is 22.7 Å². The van der Waals surface area contributed by atoms with Gasteiger partial charge in [0.1, 0.15) is 0 Å². The zero-order valence-electron chi connectivity index (χ0n) is 10.3. The summed E-state index contributed by atoms with van der Waals surface area (Å²) < 4.78 is 6.88. The minimum atomic E-state index is 0.410. The summed E-state index contributed by atoms with van der Waals surface area (Å²) >= 11 is 3.60. The lowest BCUT2D eigenvalue weighted by Gasteiger charge is -2.22. The molecule has 1 aliphatic heterocycles. The predicted octanol–water partition coefficient (Wildman–Crippen LogP) is 3.42. The second-order valence-electron chi connectivity index (χ2n) is 4.71. The van der Waals surface area contributed by atoms with Crippen molar-refractivity contribution in [3.05, 3.63) is 33.8 Å². The highest BCUT2D eigenvalue weighted by Gasteiger charge is 2.12. The highest BCUT2D eigenvalue weighted by atomic mass is 79.9. The zero-order chi connectivity index (χ0) is 12.1. The Labute approximate surface area is 112 Å². The monoisotopic (exact) mass is 297 g/mol. The lowest BCUT2D eigenvalue weighted by Crippen LogP contribution is -2.31. The molecule has 1 aromatic rings. The van der Waals surface area contributed by atoms with E-state index < -0.39 is 0 Å². The number of hydrogen-bond acceptors (Lipinski definition) is 2. The summed E-state index contributed by atoms with van der Waals surface area (Å²) in [5.41, 5.74) is 2.60. The van der Waals surface area contributed by atoms with E-state index in [9.17, 15) is 0 Å². The van der Waals surface area contributed by atoms with Crippen molar-refractivity contribution in [2.24, 2.45) is 0 Å². The van der Waals surface area contributed by atoms with Crippen LogP contribution >= 0.6 is 15.9 Å². The van der Waals surface area contributed by atoms with Crippen molar-refractivity contribution in [3.8, 4) is 0 Å². The van der Waals surface area contributed by atoms with E-state index in [1.54, 1.807) is 0 Å².